The van der Waals surface area contributed by atoms with Gasteiger partial charge in [0.1, 0.15) is 5.82 Å². The summed E-state index contributed by atoms with van der Waals surface area (Å²) in [6.07, 6.45) is -3.95. The van der Waals surface area contributed by atoms with E-state index >= 15 is 0 Å². The highest BCUT2D eigenvalue weighted by molar-refractivity contribution is 5.90. The second kappa shape index (κ2) is 8.06. The van der Waals surface area contributed by atoms with E-state index in [0.717, 1.165) is 0 Å². The van der Waals surface area contributed by atoms with Gasteiger partial charge >= 0.3 is 6.18 Å². The summed E-state index contributed by atoms with van der Waals surface area (Å²) in [7, 11) is 1.71. The van der Waals surface area contributed by atoms with Crippen LogP contribution in [-0.2, 0) is 11.0 Å². The van der Waals surface area contributed by atoms with Crippen LogP contribution in [0.1, 0.15) is 18.4 Å². The standard InChI is InChI=1S/C12H14F4N2O.ClH/c1-17-6-2-3-11(19)18-10-7-8(12(14,15)16)4-5-9(10)13;/h4-5,7,17H,2-3,6H2,1H3,(H,18,19);1H. The molecule has 0 saturated carbocycles. The molecule has 0 atom stereocenters. The van der Waals surface area contributed by atoms with Crippen molar-refractivity contribution in [3.8, 4) is 0 Å². The highest BCUT2D eigenvalue weighted by atomic mass is 35.5. The molecule has 0 unspecified atom stereocenters. The van der Waals surface area contributed by atoms with E-state index in [2.05, 4.69) is 10.6 Å². The maximum Gasteiger partial charge on any atom is 0.416 e. The number of alkyl halides is 3. The first-order valence-corrected chi connectivity index (χ1v) is 5.66. The topological polar surface area (TPSA) is 41.1 Å². The summed E-state index contributed by atoms with van der Waals surface area (Å²) in [5, 5.41) is 4.96. The minimum absolute atomic E-state index is 0. The van der Waals surface area contributed by atoms with Crippen LogP contribution in [0.25, 0.3) is 0 Å². The third-order valence-electron chi connectivity index (χ3n) is 2.40. The van der Waals surface area contributed by atoms with Crippen LogP contribution in [0.2, 0.25) is 0 Å². The van der Waals surface area contributed by atoms with Crippen molar-refractivity contribution < 1.29 is 22.4 Å². The molecule has 20 heavy (non-hydrogen) atoms. The van der Waals surface area contributed by atoms with Gasteiger partial charge in [-0.1, -0.05) is 0 Å². The molecule has 1 aromatic carbocycles. The highest BCUT2D eigenvalue weighted by Gasteiger charge is 2.31. The Morgan fingerprint density at radius 2 is 1.95 bits per heavy atom. The summed E-state index contributed by atoms with van der Waals surface area (Å²) < 4.78 is 50.6. The van der Waals surface area contributed by atoms with E-state index in [9.17, 15) is 22.4 Å². The van der Waals surface area contributed by atoms with E-state index in [1.807, 2.05) is 0 Å². The van der Waals surface area contributed by atoms with Gasteiger partial charge in [-0.05, 0) is 38.2 Å². The zero-order valence-corrected chi connectivity index (χ0v) is 11.5. The molecule has 8 heteroatoms. The molecular weight excluding hydrogens is 300 g/mol. The fourth-order valence-corrected chi connectivity index (χ4v) is 1.44. The predicted octanol–water partition coefficient (Wildman–Crippen LogP) is 3.20. The van der Waals surface area contributed by atoms with Gasteiger partial charge in [-0.3, -0.25) is 4.79 Å². The molecule has 1 rings (SSSR count). The Bertz CT molecular complexity index is 452. The molecule has 0 radical (unpaired) electrons. The Hall–Kier alpha value is -1.34. The first-order chi connectivity index (χ1) is 8.84. The molecule has 0 aliphatic rings. The summed E-state index contributed by atoms with van der Waals surface area (Å²) in [4.78, 5) is 11.4. The van der Waals surface area contributed by atoms with Crippen LogP contribution >= 0.6 is 12.4 Å². The van der Waals surface area contributed by atoms with Gasteiger partial charge in [-0.2, -0.15) is 13.2 Å². The summed E-state index contributed by atoms with van der Waals surface area (Å²) in [5.74, 6) is -1.41. The van der Waals surface area contributed by atoms with Gasteiger partial charge in [0.15, 0.2) is 0 Å². The van der Waals surface area contributed by atoms with E-state index < -0.39 is 29.2 Å². The third kappa shape index (κ3) is 5.75. The monoisotopic (exact) mass is 314 g/mol. The van der Waals surface area contributed by atoms with Crippen LogP contribution in [-0.4, -0.2) is 19.5 Å². The third-order valence-corrected chi connectivity index (χ3v) is 2.40. The summed E-state index contributed by atoms with van der Waals surface area (Å²) in [5.41, 5.74) is -1.45. The van der Waals surface area contributed by atoms with Crippen LogP contribution in [0.3, 0.4) is 0 Å². The average molecular weight is 315 g/mol. The second-order valence-electron chi connectivity index (χ2n) is 3.95. The Morgan fingerprint density at radius 1 is 1.30 bits per heavy atom. The predicted molar refractivity (Wildman–Crippen MR) is 70.4 cm³/mol. The number of nitrogens with one attached hydrogen (secondary N) is 2. The lowest BCUT2D eigenvalue weighted by molar-refractivity contribution is -0.137. The number of benzene rings is 1. The van der Waals surface area contributed by atoms with Crippen LogP contribution in [0.4, 0.5) is 23.2 Å². The van der Waals surface area contributed by atoms with Crippen molar-refractivity contribution in [3.63, 3.8) is 0 Å². The number of carbonyl (C=O) groups is 1. The van der Waals surface area contributed by atoms with Crippen LogP contribution in [0.15, 0.2) is 18.2 Å². The zero-order chi connectivity index (χ0) is 14.5. The maximum absolute atomic E-state index is 13.3. The van der Waals surface area contributed by atoms with E-state index in [-0.39, 0.29) is 18.8 Å². The molecule has 0 saturated heterocycles. The summed E-state index contributed by atoms with van der Waals surface area (Å²) in [6.45, 7) is 0.596. The quantitative estimate of drug-likeness (QED) is 0.647. The molecule has 114 valence electrons. The van der Waals surface area contributed by atoms with Gasteiger partial charge < -0.3 is 10.6 Å². The Morgan fingerprint density at radius 3 is 2.50 bits per heavy atom. The van der Waals surface area contributed by atoms with Crippen molar-refractivity contribution in [2.24, 2.45) is 0 Å². The number of hydrogen-bond donors (Lipinski definition) is 2. The van der Waals surface area contributed by atoms with Crippen LogP contribution in [0, 0.1) is 5.82 Å². The Labute approximate surface area is 120 Å². The number of anilines is 1. The van der Waals surface area contributed by atoms with E-state index in [1.165, 1.54) is 0 Å². The van der Waals surface area contributed by atoms with Gasteiger partial charge in [0.2, 0.25) is 5.91 Å². The SMILES string of the molecule is CNCCCC(=O)Nc1cc(C(F)(F)F)ccc1F.Cl. The molecule has 0 spiro atoms. The van der Waals surface area contributed by atoms with Crippen molar-refractivity contribution in [1.82, 2.24) is 5.32 Å². The fourth-order valence-electron chi connectivity index (χ4n) is 1.44. The lowest BCUT2D eigenvalue weighted by Gasteiger charge is -2.11. The van der Waals surface area contributed by atoms with Crippen molar-refractivity contribution >= 4 is 24.0 Å². The van der Waals surface area contributed by atoms with Gasteiger partial charge in [0, 0.05) is 6.42 Å². The maximum atomic E-state index is 13.3. The number of rotatable bonds is 5. The van der Waals surface area contributed by atoms with Gasteiger partial charge in [0.25, 0.3) is 0 Å². The van der Waals surface area contributed by atoms with Crippen molar-refractivity contribution in [2.45, 2.75) is 19.0 Å². The summed E-state index contributed by atoms with van der Waals surface area (Å²) in [6, 6.07) is 1.91. The number of halogens is 5. The van der Waals surface area contributed by atoms with Gasteiger partial charge in [-0.25, -0.2) is 4.39 Å². The normalized spacial score (nSPS) is 10.8. The van der Waals surface area contributed by atoms with E-state index in [1.54, 1.807) is 7.05 Å². The van der Waals surface area contributed by atoms with Crippen molar-refractivity contribution in [1.29, 1.82) is 0 Å². The summed E-state index contributed by atoms with van der Waals surface area (Å²) >= 11 is 0. The molecule has 2 N–H and O–H groups in total. The first-order valence-electron chi connectivity index (χ1n) is 5.66. The molecule has 1 amide bonds. The molecule has 0 bridgehead atoms. The largest absolute Gasteiger partial charge is 0.416 e. The second-order valence-corrected chi connectivity index (χ2v) is 3.95. The molecule has 0 fully saturated rings. The molecule has 0 aromatic heterocycles. The molecule has 3 nitrogen and oxygen atoms in total. The molecule has 0 heterocycles. The van der Waals surface area contributed by atoms with Crippen molar-refractivity contribution in [3.05, 3.63) is 29.6 Å². The highest BCUT2D eigenvalue weighted by Crippen LogP contribution is 2.31. The van der Waals surface area contributed by atoms with E-state index in [4.69, 9.17) is 0 Å². The smallest absolute Gasteiger partial charge is 0.324 e. The number of amides is 1. The first kappa shape index (κ1) is 18.7. The number of hydrogen-bond acceptors (Lipinski definition) is 2. The fraction of sp³-hybridized carbons (Fsp3) is 0.417. The van der Waals surface area contributed by atoms with Gasteiger partial charge in [-0.15, -0.1) is 12.4 Å². The zero-order valence-electron chi connectivity index (χ0n) is 10.7. The lowest BCUT2D eigenvalue weighted by Crippen LogP contribution is -2.16. The Balaban J connectivity index is 0.00000361. The van der Waals surface area contributed by atoms with Crippen molar-refractivity contribution in [2.75, 3.05) is 18.9 Å². The number of carbonyl (C=O) groups excluding carboxylic acids is 1. The minimum atomic E-state index is -4.57. The van der Waals surface area contributed by atoms with Crippen LogP contribution in [0.5, 0.6) is 0 Å². The minimum Gasteiger partial charge on any atom is -0.324 e. The average Bonchev–Trinajstić information content (AvgIpc) is 2.31. The van der Waals surface area contributed by atoms with Gasteiger partial charge in [0.05, 0.1) is 11.3 Å². The van der Waals surface area contributed by atoms with E-state index in [0.29, 0.717) is 31.2 Å². The molecule has 0 aliphatic heterocycles. The molecule has 0 aliphatic carbocycles. The molecule has 1 aromatic rings. The Kier molecular flexibility index (Phi) is 7.52. The van der Waals surface area contributed by atoms with Crippen LogP contribution < -0.4 is 10.6 Å². The molecular formula is C12H15ClF4N2O. The lowest BCUT2D eigenvalue weighted by atomic mass is 10.2.